The molecule has 0 N–H and O–H groups in total. The zero-order chi connectivity index (χ0) is 18.9. The molecular formula is C19H21FN2O3S. The fraction of sp³-hybridized carbons (Fsp3) is 0.316. The molecule has 0 spiro atoms. The van der Waals surface area contributed by atoms with Crippen LogP contribution in [0.4, 0.5) is 10.1 Å². The van der Waals surface area contributed by atoms with Crippen molar-refractivity contribution in [3.63, 3.8) is 0 Å². The summed E-state index contributed by atoms with van der Waals surface area (Å²) in [5.74, 6) is -0.891. The van der Waals surface area contributed by atoms with Crippen molar-refractivity contribution in [1.29, 1.82) is 0 Å². The van der Waals surface area contributed by atoms with Gasteiger partial charge >= 0.3 is 0 Å². The summed E-state index contributed by atoms with van der Waals surface area (Å²) >= 11 is 0. The van der Waals surface area contributed by atoms with E-state index in [9.17, 15) is 17.6 Å². The lowest BCUT2D eigenvalue weighted by atomic mass is 10.1. The number of benzene rings is 2. The Hall–Kier alpha value is -2.25. The van der Waals surface area contributed by atoms with Crippen LogP contribution in [0.2, 0.25) is 0 Å². The molecule has 1 aliphatic rings. The van der Waals surface area contributed by atoms with E-state index in [1.165, 1.54) is 17.3 Å². The maximum atomic E-state index is 14.0. The van der Waals surface area contributed by atoms with Crippen LogP contribution in [0.5, 0.6) is 0 Å². The molecule has 1 aliphatic heterocycles. The van der Waals surface area contributed by atoms with Gasteiger partial charge in [-0.2, -0.15) is 4.31 Å². The van der Waals surface area contributed by atoms with E-state index in [-0.39, 0.29) is 29.3 Å². The van der Waals surface area contributed by atoms with Crippen molar-refractivity contribution in [2.75, 3.05) is 31.1 Å². The van der Waals surface area contributed by atoms with E-state index < -0.39 is 15.8 Å². The van der Waals surface area contributed by atoms with E-state index in [4.69, 9.17) is 0 Å². The number of aryl methyl sites for hydroxylation is 1. The molecule has 1 fully saturated rings. The SMILES string of the molecule is CC(=O)c1c(F)cccc1N1CCN(S(=O)(=O)c2ccc(C)cc2)CC1. The number of hydrogen-bond donors (Lipinski definition) is 0. The highest BCUT2D eigenvalue weighted by Crippen LogP contribution is 2.26. The molecule has 5 nitrogen and oxygen atoms in total. The molecule has 2 aromatic carbocycles. The van der Waals surface area contributed by atoms with Crippen molar-refractivity contribution >= 4 is 21.5 Å². The number of ketones is 1. The van der Waals surface area contributed by atoms with Crippen molar-refractivity contribution in [2.45, 2.75) is 18.7 Å². The van der Waals surface area contributed by atoms with Gasteiger partial charge in [0.15, 0.2) is 5.78 Å². The summed E-state index contributed by atoms with van der Waals surface area (Å²) in [4.78, 5) is 13.9. The molecule has 7 heteroatoms. The van der Waals surface area contributed by atoms with Gasteiger partial charge in [0.1, 0.15) is 5.82 Å². The molecule has 138 valence electrons. The quantitative estimate of drug-likeness (QED) is 0.770. The summed E-state index contributed by atoms with van der Waals surface area (Å²) < 4.78 is 41.0. The second kappa shape index (κ2) is 7.17. The second-order valence-electron chi connectivity index (χ2n) is 6.39. The molecule has 0 amide bonds. The normalized spacial score (nSPS) is 15.9. The molecule has 2 aromatic rings. The average molecular weight is 376 g/mol. The lowest BCUT2D eigenvalue weighted by molar-refractivity contribution is 0.101. The molecule has 26 heavy (non-hydrogen) atoms. The van der Waals surface area contributed by atoms with Gasteiger partial charge in [0.2, 0.25) is 10.0 Å². The van der Waals surface area contributed by atoms with E-state index in [1.807, 2.05) is 11.8 Å². The minimum atomic E-state index is -3.55. The van der Waals surface area contributed by atoms with Gasteiger partial charge in [0, 0.05) is 26.2 Å². The highest BCUT2D eigenvalue weighted by atomic mass is 32.2. The molecule has 0 saturated carbocycles. The molecule has 1 heterocycles. The van der Waals surface area contributed by atoms with Crippen molar-refractivity contribution in [3.8, 4) is 0 Å². The van der Waals surface area contributed by atoms with Crippen molar-refractivity contribution in [1.82, 2.24) is 4.31 Å². The Bertz CT molecular complexity index is 918. The summed E-state index contributed by atoms with van der Waals surface area (Å²) in [6.07, 6.45) is 0. The van der Waals surface area contributed by atoms with Crippen LogP contribution in [-0.4, -0.2) is 44.7 Å². The molecule has 0 atom stereocenters. The summed E-state index contributed by atoms with van der Waals surface area (Å²) in [5, 5.41) is 0. The monoisotopic (exact) mass is 376 g/mol. The van der Waals surface area contributed by atoms with Crippen molar-refractivity contribution < 1.29 is 17.6 Å². The number of carbonyl (C=O) groups excluding carboxylic acids is 1. The van der Waals surface area contributed by atoms with Crippen LogP contribution in [-0.2, 0) is 10.0 Å². The van der Waals surface area contributed by atoms with Gasteiger partial charge in [-0.3, -0.25) is 4.79 Å². The standard InChI is InChI=1S/C19H21FN2O3S/c1-14-6-8-16(9-7-14)26(24,25)22-12-10-21(11-13-22)18-5-3-4-17(20)19(18)15(2)23/h3-9H,10-13H2,1-2H3. The molecule has 1 saturated heterocycles. The molecule has 0 unspecified atom stereocenters. The van der Waals surface area contributed by atoms with Gasteiger partial charge in [-0.05, 0) is 38.1 Å². The Labute approximate surface area is 153 Å². The minimum Gasteiger partial charge on any atom is -0.368 e. The Kier molecular flexibility index (Phi) is 5.11. The highest BCUT2D eigenvalue weighted by Gasteiger charge is 2.29. The Morgan fingerprint density at radius 1 is 1.00 bits per heavy atom. The predicted octanol–water partition coefficient (Wildman–Crippen LogP) is 2.85. The zero-order valence-electron chi connectivity index (χ0n) is 14.8. The van der Waals surface area contributed by atoms with Gasteiger partial charge in [0.05, 0.1) is 16.1 Å². The summed E-state index contributed by atoms with van der Waals surface area (Å²) in [5.41, 5.74) is 1.57. The van der Waals surface area contributed by atoms with Gasteiger partial charge < -0.3 is 4.90 Å². The number of rotatable bonds is 4. The minimum absolute atomic E-state index is 0.0577. The van der Waals surface area contributed by atoms with Crippen LogP contribution in [0.15, 0.2) is 47.4 Å². The number of piperazine rings is 1. The first-order valence-corrected chi connectivity index (χ1v) is 9.86. The topological polar surface area (TPSA) is 57.7 Å². The molecule has 0 aromatic heterocycles. The summed E-state index contributed by atoms with van der Waals surface area (Å²) in [6.45, 7) is 4.60. The number of hydrogen-bond acceptors (Lipinski definition) is 4. The predicted molar refractivity (Wildman–Crippen MR) is 98.6 cm³/mol. The van der Waals surface area contributed by atoms with Gasteiger partial charge in [0.25, 0.3) is 0 Å². The second-order valence-corrected chi connectivity index (χ2v) is 8.33. The number of sulfonamides is 1. The number of nitrogens with zero attached hydrogens (tertiary/aromatic N) is 2. The fourth-order valence-electron chi connectivity index (χ4n) is 3.15. The number of halogens is 1. The number of Topliss-reactive ketones (excluding diaryl/α,β-unsaturated/α-hetero) is 1. The lowest BCUT2D eigenvalue weighted by Crippen LogP contribution is -2.49. The first kappa shape index (κ1) is 18.5. The van der Waals surface area contributed by atoms with Crippen LogP contribution in [0.3, 0.4) is 0 Å². The largest absolute Gasteiger partial charge is 0.368 e. The van der Waals surface area contributed by atoms with Crippen LogP contribution in [0, 0.1) is 12.7 Å². The fourth-order valence-corrected chi connectivity index (χ4v) is 4.58. The van der Waals surface area contributed by atoms with Gasteiger partial charge in [-0.1, -0.05) is 23.8 Å². The van der Waals surface area contributed by atoms with Crippen molar-refractivity contribution in [3.05, 3.63) is 59.4 Å². The first-order valence-electron chi connectivity index (χ1n) is 8.42. The van der Waals surface area contributed by atoms with E-state index >= 15 is 0 Å². The van der Waals surface area contributed by atoms with E-state index in [0.717, 1.165) is 5.56 Å². The van der Waals surface area contributed by atoms with Crippen LogP contribution < -0.4 is 4.90 Å². The summed E-state index contributed by atoms with van der Waals surface area (Å²) in [6, 6.07) is 11.3. The third-order valence-corrected chi connectivity index (χ3v) is 6.49. The molecule has 0 aliphatic carbocycles. The smallest absolute Gasteiger partial charge is 0.243 e. The molecular weight excluding hydrogens is 355 g/mol. The van der Waals surface area contributed by atoms with Crippen LogP contribution in [0.1, 0.15) is 22.8 Å². The maximum Gasteiger partial charge on any atom is 0.243 e. The van der Waals surface area contributed by atoms with Crippen LogP contribution in [0.25, 0.3) is 0 Å². The van der Waals surface area contributed by atoms with Gasteiger partial charge in [-0.25, -0.2) is 12.8 Å². The van der Waals surface area contributed by atoms with Crippen molar-refractivity contribution in [2.24, 2.45) is 0 Å². The molecule has 0 bridgehead atoms. The summed E-state index contributed by atoms with van der Waals surface area (Å²) in [7, 11) is -3.55. The number of anilines is 1. The third kappa shape index (κ3) is 3.50. The van der Waals surface area contributed by atoms with E-state index in [1.54, 1.807) is 36.4 Å². The Morgan fingerprint density at radius 3 is 2.19 bits per heavy atom. The molecule has 3 rings (SSSR count). The Morgan fingerprint density at radius 2 is 1.62 bits per heavy atom. The average Bonchev–Trinajstić information content (AvgIpc) is 2.61. The van der Waals surface area contributed by atoms with Crippen LogP contribution >= 0.6 is 0 Å². The maximum absolute atomic E-state index is 14.0. The Balaban J connectivity index is 1.79. The zero-order valence-corrected chi connectivity index (χ0v) is 15.6. The highest BCUT2D eigenvalue weighted by molar-refractivity contribution is 7.89. The first-order chi connectivity index (χ1) is 12.3. The number of carbonyl (C=O) groups is 1. The lowest BCUT2D eigenvalue weighted by Gasteiger charge is -2.36. The molecule has 0 radical (unpaired) electrons. The van der Waals surface area contributed by atoms with E-state index in [0.29, 0.717) is 18.8 Å². The third-order valence-electron chi connectivity index (χ3n) is 4.58. The van der Waals surface area contributed by atoms with Gasteiger partial charge in [-0.15, -0.1) is 0 Å². The van der Waals surface area contributed by atoms with E-state index in [2.05, 4.69) is 0 Å².